The molecule has 5 nitrogen and oxygen atoms in total. The number of halogens is 6. The van der Waals surface area contributed by atoms with Crippen LogP contribution in [0.4, 0.5) is 26.3 Å². The van der Waals surface area contributed by atoms with Crippen molar-refractivity contribution >= 4 is 5.91 Å². The van der Waals surface area contributed by atoms with Gasteiger partial charge >= 0.3 is 12.5 Å². The zero-order chi connectivity index (χ0) is 27.5. The van der Waals surface area contributed by atoms with E-state index < -0.39 is 35.8 Å². The summed E-state index contributed by atoms with van der Waals surface area (Å²) in [6.45, 7) is 0.904. The van der Waals surface area contributed by atoms with E-state index in [4.69, 9.17) is 5.26 Å². The second-order valence-corrected chi connectivity index (χ2v) is 8.78. The summed E-state index contributed by atoms with van der Waals surface area (Å²) in [5, 5.41) is 12.0. The number of alkyl halides is 6. The number of hydrogen-bond acceptors (Lipinski definition) is 4. The zero-order valence-corrected chi connectivity index (χ0v) is 19.7. The average Bonchev–Trinajstić information content (AvgIpc) is 3.31. The van der Waals surface area contributed by atoms with Crippen molar-refractivity contribution in [1.82, 2.24) is 10.2 Å². The maximum atomic E-state index is 13.1. The Morgan fingerprint density at radius 3 is 2.03 bits per heavy atom. The third kappa shape index (κ3) is 6.63. The molecule has 0 bridgehead atoms. The van der Waals surface area contributed by atoms with Crippen molar-refractivity contribution in [3.8, 4) is 11.8 Å². The molecule has 3 aromatic rings. The Hall–Kier alpha value is -4.04. The largest absolute Gasteiger partial charge is 0.573 e. The van der Waals surface area contributed by atoms with Gasteiger partial charge in [0.15, 0.2) is 0 Å². The van der Waals surface area contributed by atoms with E-state index in [-0.39, 0.29) is 11.6 Å². The molecule has 1 unspecified atom stereocenters. The Morgan fingerprint density at radius 2 is 1.50 bits per heavy atom. The van der Waals surface area contributed by atoms with E-state index in [9.17, 15) is 31.1 Å². The smallest absolute Gasteiger partial charge is 0.406 e. The Bertz CT molecular complexity index is 1300. The second-order valence-electron chi connectivity index (χ2n) is 8.78. The predicted octanol–water partition coefficient (Wildman–Crippen LogP) is 6.07. The number of carbonyl (C=O) groups is 1. The quantitative estimate of drug-likeness (QED) is 0.391. The van der Waals surface area contributed by atoms with Gasteiger partial charge in [0.25, 0.3) is 5.91 Å². The summed E-state index contributed by atoms with van der Waals surface area (Å²) < 4.78 is 80.2. The summed E-state index contributed by atoms with van der Waals surface area (Å²) in [5.41, 5.74) is 1.23. The van der Waals surface area contributed by atoms with Crippen LogP contribution in [0.25, 0.3) is 0 Å². The van der Waals surface area contributed by atoms with Crippen LogP contribution >= 0.6 is 0 Å². The Kier molecular flexibility index (Phi) is 7.64. The first-order valence-corrected chi connectivity index (χ1v) is 11.5. The fourth-order valence-corrected chi connectivity index (χ4v) is 4.42. The molecular weight excluding hydrogens is 512 g/mol. The fraction of sp³-hybridized carbons (Fsp3) is 0.259. The van der Waals surface area contributed by atoms with Gasteiger partial charge in [-0.3, -0.25) is 9.69 Å². The van der Waals surface area contributed by atoms with Crippen molar-refractivity contribution in [2.75, 3.05) is 13.1 Å². The van der Waals surface area contributed by atoms with Gasteiger partial charge in [0.2, 0.25) is 0 Å². The van der Waals surface area contributed by atoms with Gasteiger partial charge in [-0.15, -0.1) is 13.2 Å². The molecule has 1 amide bonds. The van der Waals surface area contributed by atoms with Crippen molar-refractivity contribution < 1.29 is 35.9 Å². The molecule has 0 radical (unpaired) electrons. The zero-order valence-electron chi connectivity index (χ0n) is 19.7. The molecule has 0 aromatic heterocycles. The lowest BCUT2D eigenvalue weighted by Gasteiger charge is -2.29. The molecule has 0 saturated carbocycles. The van der Waals surface area contributed by atoms with Crippen LogP contribution in [0.1, 0.15) is 45.1 Å². The van der Waals surface area contributed by atoms with Crippen LogP contribution in [0.5, 0.6) is 5.75 Å². The van der Waals surface area contributed by atoms with Gasteiger partial charge < -0.3 is 10.1 Å². The lowest BCUT2D eigenvalue weighted by Crippen LogP contribution is -2.38. The number of hydrogen-bond donors (Lipinski definition) is 1. The lowest BCUT2D eigenvalue weighted by molar-refractivity contribution is -0.274. The average molecular weight is 533 g/mol. The minimum Gasteiger partial charge on any atom is -0.406 e. The van der Waals surface area contributed by atoms with E-state index in [1.54, 1.807) is 24.3 Å². The highest BCUT2D eigenvalue weighted by atomic mass is 19.4. The van der Waals surface area contributed by atoms with Crippen molar-refractivity contribution in [1.29, 1.82) is 5.26 Å². The number of nitriles is 1. The van der Waals surface area contributed by atoms with Crippen molar-refractivity contribution in [3.63, 3.8) is 0 Å². The minimum absolute atomic E-state index is 0.157. The summed E-state index contributed by atoms with van der Waals surface area (Å²) in [4.78, 5) is 14.7. The van der Waals surface area contributed by atoms with Gasteiger partial charge in [-0.25, -0.2) is 0 Å². The topological polar surface area (TPSA) is 65.4 Å². The molecule has 1 heterocycles. The van der Waals surface area contributed by atoms with E-state index in [0.29, 0.717) is 30.6 Å². The normalized spacial score (nSPS) is 17.0. The third-order valence-corrected chi connectivity index (χ3v) is 6.18. The number of carbonyl (C=O) groups excluding carboxylic acids is 1. The van der Waals surface area contributed by atoms with Crippen molar-refractivity contribution in [2.24, 2.45) is 0 Å². The van der Waals surface area contributed by atoms with Gasteiger partial charge in [0.1, 0.15) is 5.75 Å². The summed E-state index contributed by atoms with van der Waals surface area (Å²) in [6.07, 6.45) is -8.76. The fourth-order valence-electron chi connectivity index (χ4n) is 4.42. The van der Waals surface area contributed by atoms with Crippen LogP contribution < -0.4 is 10.1 Å². The number of likely N-dealkylation sites (tertiary alicyclic amines) is 1. The SMILES string of the molecule is N#Cc1ccc(C(c2ccc(C(F)(F)F)cc2)N2CC[C@@H](NC(=O)c3ccc(OC(F)(F)F)cc3)C2)cc1. The first-order chi connectivity index (χ1) is 17.9. The highest BCUT2D eigenvalue weighted by Crippen LogP contribution is 2.35. The van der Waals surface area contributed by atoms with E-state index >= 15 is 0 Å². The van der Waals surface area contributed by atoms with Gasteiger partial charge in [-0.2, -0.15) is 18.4 Å². The van der Waals surface area contributed by atoms with Crippen LogP contribution in [-0.4, -0.2) is 36.3 Å². The first-order valence-electron chi connectivity index (χ1n) is 11.5. The molecule has 0 spiro atoms. The van der Waals surface area contributed by atoms with E-state index in [0.717, 1.165) is 29.8 Å². The molecule has 38 heavy (non-hydrogen) atoms. The number of benzene rings is 3. The first kappa shape index (κ1) is 27.0. The number of nitrogens with one attached hydrogen (secondary N) is 1. The molecule has 2 atom stereocenters. The number of rotatable bonds is 6. The van der Waals surface area contributed by atoms with E-state index in [1.807, 2.05) is 11.0 Å². The second kappa shape index (κ2) is 10.8. The highest BCUT2D eigenvalue weighted by Gasteiger charge is 2.34. The van der Waals surface area contributed by atoms with E-state index in [2.05, 4.69) is 10.1 Å². The van der Waals surface area contributed by atoms with Crippen molar-refractivity contribution in [2.45, 2.75) is 31.0 Å². The number of nitrogens with zero attached hydrogens (tertiary/aromatic N) is 2. The van der Waals surface area contributed by atoms with Crippen LogP contribution in [0.15, 0.2) is 72.8 Å². The molecule has 0 aliphatic carbocycles. The van der Waals surface area contributed by atoms with Crippen LogP contribution in [0.2, 0.25) is 0 Å². The standard InChI is InChI=1S/C27H21F6N3O2/c28-26(29,30)21-9-5-19(6-10-21)24(18-3-1-17(15-34)2-4-18)36-14-13-22(16-36)35-25(37)20-7-11-23(12-8-20)38-27(31,32)33/h1-12,22,24H,13-14,16H2,(H,35,37)/t22-,24?/m1/s1. The maximum Gasteiger partial charge on any atom is 0.573 e. The molecular formula is C27H21F6N3O2. The summed E-state index contributed by atoms with van der Waals surface area (Å²) >= 11 is 0. The van der Waals surface area contributed by atoms with Gasteiger partial charge in [-0.1, -0.05) is 24.3 Å². The summed E-state index contributed by atoms with van der Waals surface area (Å²) in [7, 11) is 0. The summed E-state index contributed by atoms with van der Waals surface area (Å²) in [6, 6.07) is 17.5. The molecule has 1 aliphatic heterocycles. The Labute approximate surface area is 214 Å². The predicted molar refractivity (Wildman–Crippen MR) is 125 cm³/mol. The molecule has 11 heteroatoms. The Morgan fingerprint density at radius 1 is 0.921 bits per heavy atom. The van der Waals surface area contributed by atoms with Gasteiger partial charge in [0, 0.05) is 24.7 Å². The molecule has 1 saturated heterocycles. The van der Waals surface area contributed by atoms with Gasteiger partial charge in [-0.05, 0) is 66.1 Å². The maximum absolute atomic E-state index is 13.1. The van der Waals surface area contributed by atoms with Gasteiger partial charge in [0.05, 0.1) is 23.2 Å². The van der Waals surface area contributed by atoms with Crippen molar-refractivity contribution in [3.05, 3.63) is 101 Å². The molecule has 1 aliphatic rings. The lowest BCUT2D eigenvalue weighted by atomic mass is 9.95. The molecule has 1 N–H and O–H groups in total. The third-order valence-electron chi connectivity index (χ3n) is 6.18. The molecule has 1 fully saturated rings. The molecule has 198 valence electrons. The molecule has 4 rings (SSSR count). The number of amides is 1. The highest BCUT2D eigenvalue weighted by molar-refractivity contribution is 5.94. The van der Waals surface area contributed by atoms with E-state index in [1.165, 1.54) is 24.3 Å². The molecule has 3 aromatic carbocycles. The monoisotopic (exact) mass is 533 g/mol. The Balaban J connectivity index is 1.50. The van der Waals surface area contributed by atoms with Crippen LogP contribution in [0.3, 0.4) is 0 Å². The minimum atomic E-state index is -4.84. The number of ether oxygens (including phenoxy) is 1. The van der Waals surface area contributed by atoms with Crippen LogP contribution in [-0.2, 0) is 6.18 Å². The summed E-state index contributed by atoms with van der Waals surface area (Å²) in [5.74, 6) is -0.914. The van der Waals surface area contributed by atoms with Crippen LogP contribution in [0, 0.1) is 11.3 Å².